The fourth-order valence-electron chi connectivity index (χ4n) is 1.51. The number of rotatable bonds is 4. The smallest absolute Gasteiger partial charge is 0.253 e. The molecule has 2 rings (SSSR count). The molecule has 0 aliphatic carbocycles. The normalized spacial score (nSPS) is 11.0. The molecule has 0 saturated heterocycles. The highest BCUT2D eigenvalue weighted by atomic mass is 35.5. The summed E-state index contributed by atoms with van der Waals surface area (Å²) in [6.07, 6.45) is 0.612. The lowest BCUT2D eigenvalue weighted by atomic mass is 10.3. The molecule has 4 nitrogen and oxygen atoms in total. The number of hydrogen-bond acceptors (Lipinski definition) is 2. The second-order valence-electron chi connectivity index (χ2n) is 3.54. The van der Waals surface area contributed by atoms with Crippen molar-refractivity contribution < 1.29 is 4.79 Å². The first-order valence-corrected chi connectivity index (χ1v) is 6.03. The van der Waals surface area contributed by atoms with Crippen molar-refractivity contribution in [3.05, 3.63) is 30.1 Å². The summed E-state index contributed by atoms with van der Waals surface area (Å²) in [5.74, 6) is 0.441. The molecule has 0 unspecified atom stereocenters. The lowest BCUT2D eigenvalue weighted by Crippen LogP contribution is -2.30. The average Bonchev–Trinajstić information content (AvgIpc) is 2.71. The number of imidazole rings is 1. The number of benzene rings is 1. The van der Waals surface area contributed by atoms with E-state index in [2.05, 4.69) is 15.3 Å². The minimum atomic E-state index is -1.02. The molecular weight excluding hydrogens is 261 g/mol. The maximum atomic E-state index is 11.1. The largest absolute Gasteiger partial charge is 0.353 e. The number of H-pyrrole nitrogens is 1. The third-order valence-corrected chi connectivity index (χ3v) is 2.69. The van der Waals surface area contributed by atoms with Crippen LogP contribution < -0.4 is 5.32 Å². The van der Waals surface area contributed by atoms with Gasteiger partial charge in [0.15, 0.2) is 4.84 Å². The Balaban J connectivity index is 1.93. The number of nitrogens with one attached hydrogen (secondary N) is 2. The highest BCUT2D eigenvalue weighted by Gasteiger charge is 2.10. The van der Waals surface area contributed by atoms with Crippen molar-refractivity contribution in [1.29, 1.82) is 0 Å². The zero-order chi connectivity index (χ0) is 12.3. The van der Waals surface area contributed by atoms with Crippen LogP contribution in [0.2, 0.25) is 0 Å². The van der Waals surface area contributed by atoms with Crippen LogP contribution in [-0.2, 0) is 11.2 Å². The van der Waals surface area contributed by atoms with Crippen LogP contribution in [0.5, 0.6) is 0 Å². The Morgan fingerprint density at radius 2 is 2.18 bits per heavy atom. The predicted molar refractivity (Wildman–Crippen MR) is 68.3 cm³/mol. The molecule has 0 spiro atoms. The van der Waals surface area contributed by atoms with Gasteiger partial charge in [-0.3, -0.25) is 4.79 Å². The minimum Gasteiger partial charge on any atom is -0.353 e. The number of carbonyl (C=O) groups is 1. The van der Waals surface area contributed by atoms with Crippen molar-refractivity contribution in [2.24, 2.45) is 0 Å². The molecule has 0 saturated carbocycles. The fraction of sp³-hybridized carbons (Fsp3) is 0.273. The Morgan fingerprint density at radius 3 is 2.88 bits per heavy atom. The van der Waals surface area contributed by atoms with E-state index in [-0.39, 0.29) is 5.91 Å². The lowest BCUT2D eigenvalue weighted by Gasteiger charge is -2.03. The monoisotopic (exact) mass is 271 g/mol. The van der Waals surface area contributed by atoms with Crippen LogP contribution in [0.25, 0.3) is 11.0 Å². The molecule has 0 atom stereocenters. The van der Waals surface area contributed by atoms with Gasteiger partial charge in [0.2, 0.25) is 0 Å². The summed E-state index contributed by atoms with van der Waals surface area (Å²) in [5.41, 5.74) is 1.91. The summed E-state index contributed by atoms with van der Waals surface area (Å²) in [6, 6.07) is 7.76. The Labute approximate surface area is 108 Å². The lowest BCUT2D eigenvalue weighted by molar-refractivity contribution is -0.119. The summed E-state index contributed by atoms with van der Waals surface area (Å²) in [5, 5.41) is 2.61. The van der Waals surface area contributed by atoms with Crippen LogP contribution in [0.1, 0.15) is 5.82 Å². The van der Waals surface area contributed by atoms with Gasteiger partial charge in [0.1, 0.15) is 5.82 Å². The Hall–Kier alpha value is -1.26. The molecular formula is C11H11Cl2N3O. The number of carbonyl (C=O) groups excluding carboxylic acids is 1. The van der Waals surface area contributed by atoms with Gasteiger partial charge >= 0.3 is 0 Å². The van der Waals surface area contributed by atoms with E-state index in [1.165, 1.54) is 0 Å². The standard InChI is InChI=1S/C11H11Cl2N3O/c12-10(13)11(17)14-6-5-9-15-7-3-1-2-4-8(7)16-9/h1-4,10H,5-6H2,(H,14,17)(H,15,16). The number of aromatic nitrogens is 2. The van der Waals surface area contributed by atoms with Gasteiger partial charge in [0.25, 0.3) is 5.91 Å². The van der Waals surface area contributed by atoms with Crippen LogP contribution in [0.4, 0.5) is 0 Å². The summed E-state index contributed by atoms with van der Waals surface area (Å²) >= 11 is 10.8. The highest BCUT2D eigenvalue weighted by Crippen LogP contribution is 2.10. The number of amides is 1. The van der Waals surface area contributed by atoms with Crippen LogP contribution in [0, 0.1) is 0 Å². The third kappa shape index (κ3) is 3.11. The molecule has 1 heterocycles. The van der Waals surface area contributed by atoms with Crippen molar-refractivity contribution in [3.63, 3.8) is 0 Å². The second-order valence-corrected chi connectivity index (χ2v) is 4.64. The van der Waals surface area contributed by atoms with Gasteiger partial charge < -0.3 is 10.3 Å². The number of nitrogens with zero attached hydrogens (tertiary/aromatic N) is 1. The van der Waals surface area contributed by atoms with Crippen molar-refractivity contribution in [3.8, 4) is 0 Å². The first-order valence-electron chi connectivity index (χ1n) is 5.16. The number of alkyl halides is 2. The first kappa shape index (κ1) is 12.2. The maximum Gasteiger partial charge on any atom is 0.253 e. The van der Waals surface area contributed by atoms with Gasteiger partial charge in [-0.2, -0.15) is 0 Å². The van der Waals surface area contributed by atoms with Crippen molar-refractivity contribution in [2.75, 3.05) is 6.54 Å². The molecule has 1 aromatic carbocycles. The predicted octanol–water partition coefficient (Wildman–Crippen LogP) is 2.03. The number of hydrogen-bond donors (Lipinski definition) is 2. The van der Waals surface area contributed by atoms with Gasteiger partial charge in [-0.1, -0.05) is 35.3 Å². The number of fused-ring (bicyclic) bond motifs is 1. The molecule has 90 valence electrons. The van der Waals surface area contributed by atoms with Crippen LogP contribution >= 0.6 is 23.2 Å². The highest BCUT2D eigenvalue weighted by molar-refractivity contribution is 6.53. The molecule has 1 amide bonds. The number of halogens is 2. The molecule has 0 radical (unpaired) electrons. The zero-order valence-corrected chi connectivity index (χ0v) is 10.4. The van der Waals surface area contributed by atoms with Crippen LogP contribution in [-0.4, -0.2) is 27.3 Å². The van der Waals surface area contributed by atoms with E-state index in [4.69, 9.17) is 23.2 Å². The van der Waals surface area contributed by atoms with Crippen molar-refractivity contribution >= 4 is 40.1 Å². The van der Waals surface area contributed by atoms with Gasteiger partial charge in [0, 0.05) is 13.0 Å². The quantitative estimate of drug-likeness (QED) is 0.836. The molecule has 0 aliphatic heterocycles. The number of para-hydroxylation sites is 2. The second kappa shape index (κ2) is 5.38. The van der Waals surface area contributed by atoms with Crippen LogP contribution in [0.15, 0.2) is 24.3 Å². The van der Waals surface area contributed by atoms with E-state index in [0.29, 0.717) is 13.0 Å². The average molecular weight is 272 g/mol. The van der Waals surface area contributed by atoms with E-state index >= 15 is 0 Å². The SMILES string of the molecule is O=C(NCCc1nc2ccccc2[nH]1)C(Cl)Cl. The summed E-state index contributed by atoms with van der Waals surface area (Å²) in [7, 11) is 0. The molecule has 1 aromatic heterocycles. The molecule has 0 fully saturated rings. The van der Waals surface area contributed by atoms with Crippen molar-refractivity contribution in [2.45, 2.75) is 11.3 Å². The van der Waals surface area contributed by atoms with E-state index in [9.17, 15) is 4.79 Å². The first-order chi connectivity index (χ1) is 8.16. The van der Waals surface area contributed by atoms with E-state index in [1.54, 1.807) is 0 Å². The summed E-state index contributed by atoms with van der Waals surface area (Å²) in [4.78, 5) is 17.6. The molecule has 6 heteroatoms. The molecule has 17 heavy (non-hydrogen) atoms. The summed E-state index contributed by atoms with van der Waals surface area (Å²) in [6.45, 7) is 0.453. The van der Waals surface area contributed by atoms with Gasteiger partial charge in [0.05, 0.1) is 11.0 Å². The third-order valence-electron chi connectivity index (χ3n) is 2.30. The number of aromatic amines is 1. The topological polar surface area (TPSA) is 57.8 Å². The minimum absolute atomic E-state index is 0.385. The molecule has 2 N–H and O–H groups in total. The van der Waals surface area contributed by atoms with Gasteiger partial charge in [-0.25, -0.2) is 4.98 Å². The fourth-order valence-corrected chi connectivity index (χ4v) is 1.66. The Kier molecular flexibility index (Phi) is 3.86. The van der Waals surface area contributed by atoms with Gasteiger partial charge in [-0.05, 0) is 12.1 Å². The van der Waals surface area contributed by atoms with E-state index < -0.39 is 4.84 Å². The zero-order valence-electron chi connectivity index (χ0n) is 8.91. The van der Waals surface area contributed by atoms with E-state index in [0.717, 1.165) is 16.9 Å². The maximum absolute atomic E-state index is 11.1. The molecule has 2 aromatic rings. The van der Waals surface area contributed by atoms with Crippen LogP contribution in [0.3, 0.4) is 0 Å². The summed E-state index contributed by atoms with van der Waals surface area (Å²) < 4.78 is 0. The van der Waals surface area contributed by atoms with E-state index in [1.807, 2.05) is 24.3 Å². The Morgan fingerprint density at radius 1 is 1.41 bits per heavy atom. The molecule has 0 aliphatic rings. The molecule has 0 bridgehead atoms. The Bertz CT molecular complexity index is 491. The van der Waals surface area contributed by atoms with Gasteiger partial charge in [-0.15, -0.1) is 0 Å². The van der Waals surface area contributed by atoms with Crippen molar-refractivity contribution in [1.82, 2.24) is 15.3 Å².